The number of amides is 1. The summed E-state index contributed by atoms with van der Waals surface area (Å²) in [6.07, 6.45) is -0.561. The molecule has 0 radical (unpaired) electrons. The molecule has 0 fully saturated rings. The SMILES string of the molecule is CC(C)[C@@H](CF)NC(=O)OC(C)(C)C. The van der Waals surface area contributed by atoms with Gasteiger partial charge in [-0.3, -0.25) is 0 Å². The molecule has 0 saturated carbocycles. The second-order valence-corrected chi connectivity index (χ2v) is 4.65. The van der Waals surface area contributed by atoms with Gasteiger partial charge in [0.2, 0.25) is 0 Å². The first-order valence-corrected chi connectivity index (χ1v) is 4.81. The lowest BCUT2D eigenvalue weighted by Gasteiger charge is -2.23. The van der Waals surface area contributed by atoms with Gasteiger partial charge in [-0.05, 0) is 26.7 Å². The van der Waals surface area contributed by atoms with E-state index in [9.17, 15) is 9.18 Å². The Labute approximate surface area is 85.0 Å². The molecule has 0 aliphatic rings. The standard InChI is InChI=1S/C10H20FNO2/c1-7(2)8(6-11)12-9(13)14-10(3,4)5/h7-8H,6H2,1-5H3,(H,12,13)/t8-/m1/s1. The predicted molar refractivity (Wildman–Crippen MR) is 54.0 cm³/mol. The summed E-state index contributed by atoms with van der Waals surface area (Å²) in [7, 11) is 0. The van der Waals surface area contributed by atoms with Crippen molar-refractivity contribution < 1.29 is 13.9 Å². The molecule has 0 aliphatic carbocycles. The maximum atomic E-state index is 12.4. The zero-order chi connectivity index (χ0) is 11.4. The Morgan fingerprint density at radius 2 is 1.93 bits per heavy atom. The van der Waals surface area contributed by atoms with Gasteiger partial charge in [0.05, 0.1) is 6.04 Å². The van der Waals surface area contributed by atoms with Gasteiger partial charge in [-0.1, -0.05) is 13.8 Å². The van der Waals surface area contributed by atoms with E-state index in [4.69, 9.17) is 4.74 Å². The van der Waals surface area contributed by atoms with Gasteiger partial charge in [0, 0.05) is 0 Å². The number of nitrogens with one attached hydrogen (secondary N) is 1. The molecular weight excluding hydrogens is 185 g/mol. The summed E-state index contributed by atoms with van der Waals surface area (Å²) in [4.78, 5) is 11.2. The molecular formula is C10H20FNO2. The van der Waals surface area contributed by atoms with Crippen molar-refractivity contribution in [3.05, 3.63) is 0 Å². The van der Waals surface area contributed by atoms with Crippen LogP contribution in [0.15, 0.2) is 0 Å². The molecule has 1 amide bonds. The van der Waals surface area contributed by atoms with Gasteiger partial charge in [0.25, 0.3) is 0 Å². The lowest BCUT2D eigenvalue weighted by molar-refractivity contribution is 0.0480. The van der Waals surface area contributed by atoms with Crippen LogP contribution in [0.3, 0.4) is 0 Å². The van der Waals surface area contributed by atoms with Crippen LogP contribution in [0.4, 0.5) is 9.18 Å². The van der Waals surface area contributed by atoms with E-state index in [2.05, 4.69) is 5.32 Å². The number of rotatable bonds is 3. The lowest BCUT2D eigenvalue weighted by Crippen LogP contribution is -2.42. The topological polar surface area (TPSA) is 38.3 Å². The maximum Gasteiger partial charge on any atom is 0.407 e. The van der Waals surface area contributed by atoms with E-state index in [0.29, 0.717) is 0 Å². The van der Waals surface area contributed by atoms with Gasteiger partial charge in [-0.2, -0.15) is 0 Å². The molecule has 3 nitrogen and oxygen atoms in total. The van der Waals surface area contributed by atoms with Gasteiger partial charge < -0.3 is 10.1 Å². The Balaban J connectivity index is 4.04. The minimum absolute atomic E-state index is 0.0625. The Morgan fingerprint density at radius 1 is 1.43 bits per heavy atom. The van der Waals surface area contributed by atoms with Crippen LogP contribution in [0.2, 0.25) is 0 Å². The van der Waals surface area contributed by atoms with Crippen LogP contribution in [-0.2, 0) is 4.74 Å². The van der Waals surface area contributed by atoms with Crippen molar-refractivity contribution >= 4 is 6.09 Å². The van der Waals surface area contributed by atoms with E-state index < -0.39 is 24.4 Å². The third kappa shape index (κ3) is 5.78. The number of carbonyl (C=O) groups is 1. The Kier molecular flexibility index (Phi) is 4.88. The van der Waals surface area contributed by atoms with Crippen LogP contribution in [0.1, 0.15) is 34.6 Å². The van der Waals surface area contributed by atoms with E-state index in [1.165, 1.54) is 0 Å². The van der Waals surface area contributed by atoms with Crippen molar-refractivity contribution in [1.82, 2.24) is 5.32 Å². The number of alkyl halides is 1. The summed E-state index contributed by atoms with van der Waals surface area (Å²) in [5.74, 6) is 0.0625. The molecule has 0 bridgehead atoms. The van der Waals surface area contributed by atoms with Gasteiger partial charge in [0.1, 0.15) is 12.3 Å². The molecule has 0 aromatic rings. The number of halogens is 1. The van der Waals surface area contributed by atoms with E-state index in [1.54, 1.807) is 20.8 Å². The quantitative estimate of drug-likeness (QED) is 0.768. The van der Waals surface area contributed by atoms with Crippen molar-refractivity contribution in [2.24, 2.45) is 5.92 Å². The summed E-state index contributed by atoms with van der Waals surface area (Å²) in [5.41, 5.74) is -0.540. The van der Waals surface area contributed by atoms with Crippen LogP contribution >= 0.6 is 0 Å². The van der Waals surface area contributed by atoms with Gasteiger partial charge in [0.15, 0.2) is 0 Å². The largest absolute Gasteiger partial charge is 0.444 e. The van der Waals surface area contributed by atoms with Gasteiger partial charge in [-0.25, -0.2) is 9.18 Å². The summed E-state index contributed by atoms with van der Waals surface area (Å²) in [6, 6.07) is -0.468. The highest BCUT2D eigenvalue weighted by Gasteiger charge is 2.20. The lowest BCUT2D eigenvalue weighted by atomic mass is 10.1. The Bertz CT molecular complexity index is 187. The average Bonchev–Trinajstić information content (AvgIpc) is 1.96. The fraction of sp³-hybridized carbons (Fsp3) is 0.900. The molecule has 1 N–H and O–H groups in total. The van der Waals surface area contributed by atoms with E-state index >= 15 is 0 Å². The van der Waals surface area contributed by atoms with Crippen LogP contribution in [-0.4, -0.2) is 24.4 Å². The highest BCUT2D eigenvalue weighted by molar-refractivity contribution is 5.68. The molecule has 0 aliphatic heterocycles. The number of alkyl carbamates (subject to hydrolysis) is 1. The molecule has 14 heavy (non-hydrogen) atoms. The van der Waals surface area contributed by atoms with Crippen molar-refractivity contribution in [3.63, 3.8) is 0 Å². The third-order valence-electron chi connectivity index (χ3n) is 1.67. The van der Waals surface area contributed by atoms with Crippen LogP contribution in [0.5, 0.6) is 0 Å². The molecule has 0 aromatic heterocycles. The second-order valence-electron chi connectivity index (χ2n) is 4.65. The van der Waals surface area contributed by atoms with Crippen LogP contribution in [0, 0.1) is 5.92 Å². The van der Waals surface area contributed by atoms with E-state index in [0.717, 1.165) is 0 Å². The molecule has 1 atom stereocenters. The van der Waals surface area contributed by atoms with Crippen LogP contribution in [0.25, 0.3) is 0 Å². The fourth-order valence-corrected chi connectivity index (χ4v) is 0.842. The normalized spacial score (nSPS) is 13.9. The van der Waals surface area contributed by atoms with Crippen molar-refractivity contribution in [3.8, 4) is 0 Å². The molecule has 0 heterocycles. The van der Waals surface area contributed by atoms with E-state index in [1.807, 2.05) is 13.8 Å². The number of hydrogen-bond acceptors (Lipinski definition) is 2. The summed E-state index contributed by atoms with van der Waals surface area (Å²) in [5, 5.41) is 2.49. The first kappa shape index (κ1) is 13.2. The summed E-state index contributed by atoms with van der Waals surface area (Å²) in [6.45, 7) is 8.44. The molecule has 84 valence electrons. The maximum absolute atomic E-state index is 12.4. The second kappa shape index (κ2) is 5.17. The first-order valence-electron chi connectivity index (χ1n) is 4.81. The van der Waals surface area contributed by atoms with Gasteiger partial charge in [-0.15, -0.1) is 0 Å². The molecule has 0 rings (SSSR count). The number of ether oxygens (including phenoxy) is 1. The summed E-state index contributed by atoms with van der Waals surface area (Å²) < 4.78 is 17.4. The zero-order valence-electron chi connectivity index (χ0n) is 9.56. The van der Waals surface area contributed by atoms with Crippen LogP contribution < -0.4 is 5.32 Å². The smallest absolute Gasteiger partial charge is 0.407 e. The molecule has 0 saturated heterocycles. The zero-order valence-corrected chi connectivity index (χ0v) is 9.56. The third-order valence-corrected chi connectivity index (χ3v) is 1.67. The number of carbonyl (C=O) groups excluding carboxylic acids is 1. The fourth-order valence-electron chi connectivity index (χ4n) is 0.842. The minimum Gasteiger partial charge on any atom is -0.444 e. The van der Waals surface area contributed by atoms with Crippen molar-refractivity contribution in [1.29, 1.82) is 0 Å². The highest BCUT2D eigenvalue weighted by Crippen LogP contribution is 2.08. The Morgan fingerprint density at radius 3 is 2.21 bits per heavy atom. The monoisotopic (exact) mass is 205 g/mol. The number of hydrogen-bond donors (Lipinski definition) is 1. The van der Waals surface area contributed by atoms with E-state index in [-0.39, 0.29) is 5.92 Å². The summed E-state index contributed by atoms with van der Waals surface area (Å²) >= 11 is 0. The van der Waals surface area contributed by atoms with Crippen molar-refractivity contribution in [2.45, 2.75) is 46.3 Å². The predicted octanol–water partition coefficient (Wildman–Crippen LogP) is 2.51. The average molecular weight is 205 g/mol. The molecule has 0 spiro atoms. The molecule has 0 unspecified atom stereocenters. The Hall–Kier alpha value is -0.800. The minimum atomic E-state index is -0.573. The molecule has 4 heteroatoms. The van der Waals surface area contributed by atoms with Gasteiger partial charge >= 0.3 is 6.09 Å². The van der Waals surface area contributed by atoms with Crippen molar-refractivity contribution in [2.75, 3.05) is 6.67 Å². The first-order chi connectivity index (χ1) is 6.26. The highest BCUT2D eigenvalue weighted by atomic mass is 19.1. The molecule has 0 aromatic carbocycles.